The van der Waals surface area contributed by atoms with Gasteiger partial charge >= 0.3 is 0 Å². The molecule has 1 N–H and O–H groups in total. The van der Waals surface area contributed by atoms with Crippen LogP contribution in [0.5, 0.6) is 0 Å². The molecule has 5 heteroatoms. The minimum Gasteiger partial charge on any atom is -0.371 e. The molecule has 2 aliphatic carbocycles. The molecule has 0 radical (unpaired) electrons. The van der Waals surface area contributed by atoms with Crippen LogP contribution in [0.25, 0.3) is 0 Å². The van der Waals surface area contributed by atoms with Crippen LogP contribution in [0.4, 0.5) is 5.69 Å². The largest absolute Gasteiger partial charge is 0.371 e. The zero-order valence-electron chi connectivity index (χ0n) is 15.7. The Hall–Kier alpha value is -2.30. The summed E-state index contributed by atoms with van der Waals surface area (Å²) in [4.78, 5) is 20.2. The van der Waals surface area contributed by atoms with Crippen LogP contribution in [0.15, 0.2) is 36.7 Å². The lowest BCUT2D eigenvalue weighted by atomic mass is 9.94. The van der Waals surface area contributed by atoms with Crippen LogP contribution in [-0.4, -0.2) is 31.9 Å². The normalized spacial score (nSPS) is 18.7. The van der Waals surface area contributed by atoms with Gasteiger partial charge in [-0.1, -0.05) is 30.5 Å². The van der Waals surface area contributed by atoms with Crippen molar-refractivity contribution in [3.05, 3.63) is 48.0 Å². The molecule has 0 bridgehead atoms. The van der Waals surface area contributed by atoms with Crippen molar-refractivity contribution >= 4 is 11.6 Å². The number of aromatic nitrogens is 2. The summed E-state index contributed by atoms with van der Waals surface area (Å²) >= 11 is 0. The smallest absolute Gasteiger partial charge is 0.248 e. The van der Waals surface area contributed by atoms with Gasteiger partial charge in [0.25, 0.3) is 0 Å². The predicted octanol–water partition coefficient (Wildman–Crippen LogP) is 3.64. The first-order valence-electron chi connectivity index (χ1n) is 9.69. The molecule has 1 aromatic carbocycles. The molecule has 26 heavy (non-hydrogen) atoms. The summed E-state index contributed by atoms with van der Waals surface area (Å²) in [5, 5.41) is 3.62. The number of rotatable bonds is 6. The summed E-state index contributed by atoms with van der Waals surface area (Å²) in [6.45, 7) is 2.69. The van der Waals surface area contributed by atoms with Gasteiger partial charge in [0.1, 0.15) is 11.4 Å². The molecule has 0 saturated heterocycles. The van der Waals surface area contributed by atoms with Crippen molar-refractivity contribution in [2.24, 2.45) is 7.05 Å². The maximum atomic E-state index is 13.7. The Kier molecular flexibility index (Phi) is 4.47. The third kappa shape index (κ3) is 3.35. The van der Waals surface area contributed by atoms with Crippen molar-refractivity contribution < 1.29 is 4.79 Å². The van der Waals surface area contributed by atoms with Gasteiger partial charge in [0.05, 0.1) is 6.54 Å². The van der Waals surface area contributed by atoms with E-state index in [1.165, 1.54) is 5.56 Å². The highest BCUT2D eigenvalue weighted by Crippen LogP contribution is 2.38. The molecule has 2 saturated carbocycles. The number of anilines is 1. The van der Waals surface area contributed by atoms with Gasteiger partial charge in [-0.15, -0.1) is 0 Å². The molecule has 4 rings (SSSR count). The number of benzene rings is 1. The van der Waals surface area contributed by atoms with Gasteiger partial charge in [-0.2, -0.15) is 0 Å². The topological polar surface area (TPSA) is 50.2 Å². The predicted molar refractivity (Wildman–Crippen MR) is 103 cm³/mol. The van der Waals surface area contributed by atoms with Crippen molar-refractivity contribution in [1.29, 1.82) is 0 Å². The Bertz CT molecular complexity index is 770. The summed E-state index contributed by atoms with van der Waals surface area (Å²) < 4.78 is 2.01. The maximum Gasteiger partial charge on any atom is 0.248 e. The fourth-order valence-corrected chi connectivity index (χ4v) is 4.01. The van der Waals surface area contributed by atoms with E-state index >= 15 is 0 Å². The minimum atomic E-state index is -0.469. The molecular formula is C21H28N4O. The van der Waals surface area contributed by atoms with Crippen molar-refractivity contribution in [2.75, 3.05) is 5.32 Å². The number of nitrogens with one attached hydrogen (secondary N) is 1. The number of hydrogen-bond acceptors (Lipinski definition) is 3. The fraction of sp³-hybridized carbons (Fsp3) is 0.524. The third-order valence-corrected chi connectivity index (χ3v) is 5.78. The zero-order valence-corrected chi connectivity index (χ0v) is 15.7. The van der Waals surface area contributed by atoms with Crippen LogP contribution in [-0.2, 0) is 18.4 Å². The van der Waals surface area contributed by atoms with Gasteiger partial charge in [0, 0.05) is 31.2 Å². The summed E-state index contributed by atoms with van der Waals surface area (Å²) in [7, 11) is 1.99. The Morgan fingerprint density at radius 3 is 2.54 bits per heavy atom. The molecule has 2 fully saturated rings. The third-order valence-electron chi connectivity index (χ3n) is 5.78. The van der Waals surface area contributed by atoms with Gasteiger partial charge in [-0.3, -0.25) is 4.79 Å². The van der Waals surface area contributed by atoms with Crippen molar-refractivity contribution in [2.45, 2.75) is 63.6 Å². The molecule has 0 unspecified atom stereocenters. The Labute approximate surface area is 155 Å². The van der Waals surface area contributed by atoms with Crippen LogP contribution >= 0.6 is 0 Å². The lowest BCUT2D eigenvalue weighted by molar-refractivity contribution is -0.137. The van der Waals surface area contributed by atoms with E-state index in [9.17, 15) is 4.79 Å². The van der Waals surface area contributed by atoms with Gasteiger partial charge in [-0.05, 0) is 44.7 Å². The first-order chi connectivity index (χ1) is 12.6. The summed E-state index contributed by atoms with van der Waals surface area (Å²) in [5.41, 5.74) is 1.80. The van der Waals surface area contributed by atoms with E-state index in [4.69, 9.17) is 0 Å². The monoisotopic (exact) mass is 352 g/mol. The van der Waals surface area contributed by atoms with Crippen molar-refractivity contribution in [1.82, 2.24) is 14.5 Å². The molecule has 1 amide bonds. The Morgan fingerprint density at radius 1 is 1.27 bits per heavy atom. The summed E-state index contributed by atoms with van der Waals surface area (Å²) in [5.74, 6) is 1.20. The fourth-order valence-electron chi connectivity index (χ4n) is 4.01. The standard InChI is InChI=1S/C21H28N4O/c1-16-5-7-17(8-6-16)23-21(11-3-4-12-21)20(26)25(18-9-10-18)15-19-22-13-14-24(19)2/h5-8,13-14,18,23H,3-4,9-12,15H2,1-2H3. The van der Waals surface area contributed by atoms with Gasteiger partial charge in [0.15, 0.2) is 0 Å². The van der Waals surface area contributed by atoms with Crippen molar-refractivity contribution in [3.63, 3.8) is 0 Å². The molecular weight excluding hydrogens is 324 g/mol. The molecule has 0 aliphatic heterocycles. The number of imidazole rings is 1. The van der Waals surface area contributed by atoms with Gasteiger partial charge < -0.3 is 14.8 Å². The lowest BCUT2D eigenvalue weighted by Crippen LogP contribution is -2.53. The highest BCUT2D eigenvalue weighted by molar-refractivity contribution is 5.90. The average molecular weight is 352 g/mol. The first-order valence-corrected chi connectivity index (χ1v) is 9.69. The van der Waals surface area contributed by atoms with E-state index in [2.05, 4.69) is 46.4 Å². The van der Waals surface area contributed by atoms with Crippen molar-refractivity contribution in [3.8, 4) is 0 Å². The molecule has 0 spiro atoms. The van der Waals surface area contributed by atoms with E-state index in [0.29, 0.717) is 12.6 Å². The van der Waals surface area contributed by atoms with Crippen LogP contribution < -0.4 is 5.32 Å². The van der Waals surface area contributed by atoms with Gasteiger partial charge in [-0.25, -0.2) is 4.98 Å². The molecule has 2 aromatic rings. The molecule has 5 nitrogen and oxygen atoms in total. The SMILES string of the molecule is Cc1ccc(NC2(C(=O)N(Cc3nccn3C)C3CC3)CCCC2)cc1. The highest BCUT2D eigenvalue weighted by atomic mass is 16.2. The van der Waals surface area contributed by atoms with Crippen LogP contribution in [0.1, 0.15) is 49.9 Å². The molecule has 2 aliphatic rings. The minimum absolute atomic E-state index is 0.251. The van der Waals surface area contributed by atoms with E-state index in [1.807, 2.05) is 17.8 Å². The lowest BCUT2D eigenvalue weighted by Gasteiger charge is -2.36. The number of amides is 1. The van der Waals surface area contributed by atoms with Crippen LogP contribution in [0.3, 0.4) is 0 Å². The second-order valence-electron chi connectivity index (χ2n) is 7.90. The van der Waals surface area contributed by atoms with E-state index in [0.717, 1.165) is 50.0 Å². The number of nitrogens with zero attached hydrogens (tertiary/aromatic N) is 3. The summed E-state index contributed by atoms with van der Waals surface area (Å²) in [6, 6.07) is 8.74. The molecule has 138 valence electrons. The Balaban J connectivity index is 1.58. The second-order valence-corrected chi connectivity index (χ2v) is 7.90. The van der Waals surface area contributed by atoms with E-state index < -0.39 is 5.54 Å². The van der Waals surface area contributed by atoms with E-state index in [1.54, 1.807) is 6.20 Å². The molecule has 1 heterocycles. The highest BCUT2D eigenvalue weighted by Gasteiger charge is 2.47. The average Bonchev–Trinajstić information content (AvgIpc) is 3.23. The van der Waals surface area contributed by atoms with Crippen LogP contribution in [0.2, 0.25) is 0 Å². The number of aryl methyl sites for hydroxylation is 2. The first kappa shape index (κ1) is 17.1. The maximum absolute atomic E-state index is 13.7. The number of carbonyl (C=O) groups is 1. The Morgan fingerprint density at radius 2 is 1.96 bits per heavy atom. The number of carbonyl (C=O) groups excluding carboxylic acids is 1. The van der Waals surface area contributed by atoms with E-state index in [-0.39, 0.29) is 5.91 Å². The molecule has 0 atom stereocenters. The number of hydrogen-bond donors (Lipinski definition) is 1. The van der Waals surface area contributed by atoms with Crippen LogP contribution in [0, 0.1) is 6.92 Å². The summed E-state index contributed by atoms with van der Waals surface area (Å²) in [6.07, 6.45) is 9.99. The zero-order chi connectivity index (χ0) is 18.1. The van der Waals surface area contributed by atoms with Gasteiger partial charge in [0.2, 0.25) is 5.91 Å². The quantitative estimate of drug-likeness (QED) is 0.863. The second kappa shape index (κ2) is 6.78. The molecule has 1 aromatic heterocycles.